The first kappa shape index (κ1) is 25.5. The maximum atomic E-state index is 14.2. The predicted molar refractivity (Wildman–Crippen MR) is 145 cm³/mol. The Bertz CT molecular complexity index is 1610. The molecular formula is C29H19ClFNO5S. The van der Waals surface area contributed by atoms with Crippen LogP contribution in [0.25, 0.3) is 16.8 Å². The number of benzene rings is 4. The highest BCUT2D eigenvalue weighted by molar-refractivity contribution is 8.18. The molecule has 1 saturated heterocycles. The number of carbonyl (C=O) groups excluding carboxylic acids is 3. The van der Waals surface area contributed by atoms with Crippen molar-refractivity contribution in [2.24, 2.45) is 0 Å². The summed E-state index contributed by atoms with van der Waals surface area (Å²) < 4.78 is 25.3. The Morgan fingerprint density at radius 3 is 2.55 bits per heavy atom. The van der Waals surface area contributed by atoms with Gasteiger partial charge in [0.25, 0.3) is 11.1 Å². The molecule has 1 fully saturated rings. The number of halogens is 2. The van der Waals surface area contributed by atoms with E-state index in [0.29, 0.717) is 16.9 Å². The van der Waals surface area contributed by atoms with Crippen molar-refractivity contribution in [1.29, 1.82) is 0 Å². The first-order valence-corrected chi connectivity index (χ1v) is 12.6. The van der Waals surface area contributed by atoms with Gasteiger partial charge in [-0.05, 0) is 64.5 Å². The van der Waals surface area contributed by atoms with Crippen LogP contribution >= 0.6 is 23.4 Å². The molecule has 38 heavy (non-hydrogen) atoms. The highest BCUT2D eigenvalue weighted by Crippen LogP contribution is 2.36. The van der Waals surface area contributed by atoms with Gasteiger partial charge in [0, 0.05) is 10.6 Å². The van der Waals surface area contributed by atoms with E-state index < -0.39 is 22.9 Å². The standard InChI is InChI=1S/C29H19ClFNO5S/c1-36-24-13-12-17(14-25(24)37-28(34)20-9-4-7-18-6-2-3-8-19(18)20)15-26-27(33)32(29(35)38-26)16-21-22(30)10-5-11-23(21)31/h2-15H,16H2,1H3/b26-15-. The number of fused-ring (bicyclic) bond motifs is 1. The Morgan fingerprint density at radius 1 is 1.00 bits per heavy atom. The molecule has 2 amide bonds. The summed E-state index contributed by atoms with van der Waals surface area (Å²) in [5.41, 5.74) is 0.953. The first-order chi connectivity index (χ1) is 18.4. The molecule has 0 aliphatic carbocycles. The van der Waals surface area contributed by atoms with E-state index in [0.717, 1.165) is 27.4 Å². The van der Waals surface area contributed by atoms with Crippen molar-refractivity contribution >= 4 is 57.3 Å². The SMILES string of the molecule is COc1ccc(/C=C2\SC(=O)N(Cc3c(F)cccc3Cl)C2=O)cc1OC(=O)c1cccc2ccccc12. The number of amides is 2. The zero-order valence-corrected chi connectivity index (χ0v) is 21.5. The summed E-state index contributed by atoms with van der Waals surface area (Å²) in [6, 6.07) is 21.8. The van der Waals surface area contributed by atoms with Crippen LogP contribution in [0.1, 0.15) is 21.5 Å². The minimum atomic E-state index is -0.603. The molecule has 6 nitrogen and oxygen atoms in total. The van der Waals surface area contributed by atoms with E-state index in [1.54, 1.807) is 30.3 Å². The van der Waals surface area contributed by atoms with Crippen LogP contribution in [0.2, 0.25) is 5.02 Å². The first-order valence-electron chi connectivity index (χ1n) is 11.4. The molecule has 5 rings (SSSR count). The molecule has 0 aromatic heterocycles. The summed E-state index contributed by atoms with van der Waals surface area (Å²) in [7, 11) is 1.45. The van der Waals surface area contributed by atoms with E-state index in [-0.39, 0.29) is 27.8 Å². The van der Waals surface area contributed by atoms with Gasteiger partial charge in [-0.25, -0.2) is 9.18 Å². The van der Waals surface area contributed by atoms with Gasteiger partial charge in [0.1, 0.15) is 5.82 Å². The van der Waals surface area contributed by atoms with Crippen LogP contribution in [0.4, 0.5) is 9.18 Å². The third kappa shape index (κ3) is 5.01. The van der Waals surface area contributed by atoms with Gasteiger partial charge in [0.15, 0.2) is 11.5 Å². The zero-order valence-electron chi connectivity index (χ0n) is 19.9. The van der Waals surface area contributed by atoms with E-state index in [1.807, 2.05) is 30.3 Å². The molecule has 0 unspecified atom stereocenters. The molecule has 4 aromatic carbocycles. The minimum absolute atomic E-state index is 0.0600. The number of hydrogen-bond donors (Lipinski definition) is 0. The lowest BCUT2D eigenvalue weighted by Crippen LogP contribution is -2.28. The van der Waals surface area contributed by atoms with Crippen molar-refractivity contribution in [2.75, 3.05) is 7.11 Å². The Morgan fingerprint density at radius 2 is 1.76 bits per heavy atom. The monoisotopic (exact) mass is 547 g/mol. The number of hydrogen-bond acceptors (Lipinski definition) is 6. The summed E-state index contributed by atoms with van der Waals surface area (Å²) in [5.74, 6) is -1.29. The number of thioether (sulfide) groups is 1. The van der Waals surface area contributed by atoms with E-state index in [9.17, 15) is 18.8 Å². The van der Waals surface area contributed by atoms with Gasteiger partial charge in [-0.1, -0.05) is 60.1 Å². The molecule has 1 heterocycles. The van der Waals surface area contributed by atoms with Crippen molar-refractivity contribution in [3.8, 4) is 11.5 Å². The Kier molecular flexibility index (Phi) is 7.18. The third-order valence-electron chi connectivity index (χ3n) is 5.95. The quantitative estimate of drug-likeness (QED) is 0.146. The molecule has 0 atom stereocenters. The Balaban J connectivity index is 1.41. The van der Waals surface area contributed by atoms with Gasteiger partial charge in [0.05, 0.1) is 24.1 Å². The fourth-order valence-corrected chi connectivity index (χ4v) is 5.11. The highest BCUT2D eigenvalue weighted by atomic mass is 35.5. The second-order valence-corrected chi connectivity index (χ2v) is 9.69. The molecule has 0 saturated carbocycles. The van der Waals surface area contributed by atoms with Crippen molar-refractivity contribution in [3.05, 3.63) is 111 Å². The number of methoxy groups -OCH3 is 1. The van der Waals surface area contributed by atoms with Gasteiger partial charge in [-0.2, -0.15) is 0 Å². The zero-order chi connectivity index (χ0) is 26.8. The van der Waals surface area contributed by atoms with Crippen LogP contribution < -0.4 is 9.47 Å². The minimum Gasteiger partial charge on any atom is -0.493 e. The number of carbonyl (C=O) groups is 3. The largest absolute Gasteiger partial charge is 0.493 e. The molecule has 0 N–H and O–H groups in total. The van der Waals surface area contributed by atoms with Crippen molar-refractivity contribution < 1.29 is 28.2 Å². The summed E-state index contributed by atoms with van der Waals surface area (Å²) in [6.45, 7) is -0.288. The number of esters is 1. The maximum Gasteiger partial charge on any atom is 0.344 e. The molecule has 0 spiro atoms. The second kappa shape index (κ2) is 10.7. The molecule has 9 heteroatoms. The lowest BCUT2D eigenvalue weighted by molar-refractivity contribution is -0.123. The molecule has 0 bridgehead atoms. The van der Waals surface area contributed by atoms with Gasteiger partial charge in [-0.15, -0.1) is 0 Å². The van der Waals surface area contributed by atoms with Crippen molar-refractivity contribution in [3.63, 3.8) is 0 Å². The van der Waals surface area contributed by atoms with Crippen LogP contribution in [0, 0.1) is 5.82 Å². The number of nitrogens with zero attached hydrogens (tertiary/aromatic N) is 1. The molecule has 1 aliphatic heterocycles. The highest BCUT2D eigenvalue weighted by Gasteiger charge is 2.36. The van der Waals surface area contributed by atoms with Gasteiger partial charge in [0.2, 0.25) is 0 Å². The number of ether oxygens (including phenoxy) is 2. The van der Waals surface area contributed by atoms with Crippen LogP contribution in [0.15, 0.2) is 83.8 Å². The fraction of sp³-hybridized carbons (Fsp3) is 0.0690. The van der Waals surface area contributed by atoms with Gasteiger partial charge < -0.3 is 9.47 Å². The van der Waals surface area contributed by atoms with E-state index in [1.165, 1.54) is 31.4 Å². The van der Waals surface area contributed by atoms with E-state index >= 15 is 0 Å². The van der Waals surface area contributed by atoms with Crippen LogP contribution in [-0.2, 0) is 11.3 Å². The van der Waals surface area contributed by atoms with E-state index in [4.69, 9.17) is 21.1 Å². The summed E-state index contributed by atoms with van der Waals surface area (Å²) >= 11 is 6.80. The second-order valence-electron chi connectivity index (χ2n) is 8.29. The van der Waals surface area contributed by atoms with Gasteiger partial charge in [-0.3, -0.25) is 14.5 Å². The number of rotatable bonds is 6. The van der Waals surface area contributed by atoms with E-state index in [2.05, 4.69) is 0 Å². The topological polar surface area (TPSA) is 72.9 Å². The van der Waals surface area contributed by atoms with Crippen LogP contribution in [-0.4, -0.2) is 29.1 Å². The molecule has 0 radical (unpaired) electrons. The van der Waals surface area contributed by atoms with Crippen LogP contribution in [0.5, 0.6) is 11.5 Å². The number of imide groups is 1. The molecule has 190 valence electrons. The lowest BCUT2D eigenvalue weighted by atomic mass is 10.0. The summed E-state index contributed by atoms with van der Waals surface area (Å²) in [4.78, 5) is 39.7. The van der Waals surface area contributed by atoms with Crippen molar-refractivity contribution in [1.82, 2.24) is 4.90 Å². The summed E-state index contributed by atoms with van der Waals surface area (Å²) in [6.07, 6.45) is 1.50. The lowest BCUT2D eigenvalue weighted by Gasteiger charge is -2.14. The summed E-state index contributed by atoms with van der Waals surface area (Å²) in [5, 5.41) is 1.23. The average molecular weight is 548 g/mol. The molecule has 1 aliphatic rings. The molecular weight excluding hydrogens is 529 g/mol. The Hall–Kier alpha value is -4.14. The third-order valence-corrected chi connectivity index (χ3v) is 7.21. The molecule has 4 aromatic rings. The maximum absolute atomic E-state index is 14.2. The smallest absolute Gasteiger partial charge is 0.344 e. The Labute approximate surface area is 226 Å². The van der Waals surface area contributed by atoms with Gasteiger partial charge >= 0.3 is 5.97 Å². The van der Waals surface area contributed by atoms with Crippen molar-refractivity contribution in [2.45, 2.75) is 6.54 Å². The fourth-order valence-electron chi connectivity index (χ4n) is 4.05. The average Bonchev–Trinajstić information content (AvgIpc) is 3.17. The van der Waals surface area contributed by atoms with Crippen LogP contribution in [0.3, 0.4) is 0 Å². The predicted octanol–water partition coefficient (Wildman–Crippen LogP) is 7.10. The normalized spacial score (nSPS) is 14.4.